The van der Waals surface area contributed by atoms with E-state index in [0.717, 1.165) is 12.0 Å². The molecule has 0 atom stereocenters. The van der Waals surface area contributed by atoms with Crippen LogP contribution in [0.1, 0.15) is 34.1 Å². The summed E-state index contributed by atoms with van der Waals surface area (Å²) in [5, 5.41) is 0. The van der Waals surface area contributed by atoms with E-state index in [1.54, 1.807) is 32.1 Å². The Bertz CT molecular complexity index is 403. The zero-order valence-corrected chi connectivity index (χ0v) is 11.0. The number of carbonyl (C=O) groups excluding carboxylic acids is 2. The molecule has 0 unspecified atom stereocenters. The molecule has 2 nitrogen and oxygen atoms in total. The average Bonchev–Trinajstić information content (AvgIpc) is 2.22. The minimum absolute atomic E-state index is 0.191. The quantitative estimate of drug-likeness (QED) is 0.304. The van der Waals surface area contributed by atoms with Crippen LogP contribution < -0.4 is 0 Å². The molecule has 0 heterocycles. The Labute approximate surface area is 103 Å². The second-order valence-corrected chi connectivity index (χ2v) is 3.92. The molecule has 0 aliphatic rings. The normalized spacial score (nSPS) is 11.4. The number of hydrogen-bond acceptors (Lipinski definition) is 2. The van der Waals surface area contributed by atoms with Crippen LogP contribution in [0.2, 0.25) is 0 Å². The van der Waals surface area contributed by atoms with Crippen LogP contribution in [0.3, 0.4) is 0 Å². The van der Waals surface area contributed by atoms with Crippen molar-refractivity contribution in [2.24, 2.45) is 0 Å². The monoisotopic (exact) mass is 232 g/mol. The molecular formula is C15H20O2. The number of ketones is 2. The molecule has 2 heteroatoms. The minimum atomic E-state index is -0.211. The van der Waals surface area contributed by atoms with E-state index in [1.807, 2.05) is 13.0 Å². The van der Waals surface area contributed by atoms with Gasteiger partial charge in [0.05, 0.1) is 5.57 Å². The third-order valence-corrected chi connectivity index (χ3v) is 2.18. The molecule has 0 bridgehead atoms. The van der Waals surface area contributed by atoms with Crippen molar-refractivity contribution in [2.75, 3.05) is 0 Å². The second-order valence-electron chi connectivity index (χ2n) is 3.92. The third kappa shape index (κ3) is 4.77. The van der Waals surface area contributed by atoms with Crippen molar-refractivity contribution in [3.63, 3.8) is 0 Å². The molecule has 0 aliphatic carbocycles. The summed E-state index contributed by atoms with van der Waals surface area (Å²) in [4.78, 5) is 23.6. The van der Waals surface area contributed by atoms with Crippen LogP contribution in [0, 0.1) is 0 Å². The Morgan fingerprint density at radius 2 is 1.76 bits per heavy atom. The highest BCUT2D eigenvalue weighted by Crippen LogP contribution is 2.14. The Morgan fingerprint density at radius 1 is 1.18 bits per heavy atom. The van der Waals surface area contributed by atoms with Gasteiger partial charge in [0.2, 0.25) is 0 Å². The first kappa shape index (κ1) is 15.3. The van der Waals surface area contributed by atoms with E-state index in [1.165, 1.54) is 6.92 Å². The van der Waals surface area contributed by atoms with Gasteiger partial charge in [-0.25, -0.2) is 0 Å². The second kappa shape index (κ2) is 7.55. The van der Waals surface area contributed by atoms with E-state index in [0.29, 0.717) is 5.57 Å². The van der Waals surface area contributed by atoms with Gasteiger partial charge in [0, 0.05) is 5.57 Å². The van der Waals surface area contributed by atoms with Gasteiger partial charge in [0.1, 0.15) is 0 Å². The van der Waals surface area contributed by atoms with Crippen molar-refractivity contribution < 1.29 is 9.59 Å². The molecule has 0 rings (SSSR count). The van der Waals surface area contributed by atoms with Gasteiger partial charge in [-0.2, -0.15) is 0 Å². The maximum Gasteiger partial charge on any atom is 0.196 e. The van der Waals surface area contributed by atoms with Gasteiger partial charge >= 0.3 is 0 Å². The summed E-state index contributed by atoms with van der Waals surface area (Å²) in [5.74, 6) is -0.401. The van der Waals surface area contributed by atoms with Crippen molar-refractivity contribution in [1.82, 2.24) is 0 Å². The standard InChI is InChI=1S/C15H20O2/c1-6-8-10-13(9-7-2)15(17)14(11(3)4)12(5)16/h6,8-10H,1,7H2,2-5H3/b10-8-,13-9+. The molecule has 0 saturated carbocycles. The van der Waals surface area contributed by atoms with E-state index >= 15 is 0 Å². The number of allylic oxidation sites excluding steroid dienone is 7. The van der Waals surface area contributed by atoms with Crippen molar-refractivity contribution >= 4 is 11.6 Å². The molecule has 0 N–H and O–H groups in total. The molecule has 0 aromatic heterocycles. The Kier molecular flexibility index (Phi) is 6.80. The first-order valence-corrected chi connectivity index (χ1v) is 5.68. The van der Waals surface area contributed by atoms with E-state index in [9.17, 15) is 9.59 Å². The summed E-state index contributed by atoms with van der Waals surface area (Å²) in [5.41, 5.74) is 1.56. The molecule has 0 radical (unpaired) electrons. The van der Waals surface area contributed by atoms with Crippen LogP contribution in [-0.2, 0) is 9.59 Å². The largest absolute Gasteiger partial charge is 0.294 e. The van der Waals surface area contributed by atoms with Crippen molar-refractivity contribution in [2.45, 2.75) is 34.1 Å². The smallest absolute Gasteiger partial charge is 0.196 e. The summed E-state index contributed by atoms with van der Waals surface area (Å²) in [6.07, 6.45) is 7.55. The van der Waals surface area contributed by atoms with Gasteiger partial charge in [-0.05, 0) is 27.2 Å². The predicted octanol–water partition coefficient (Wildman–Crippen LogP) is 3.56. The van der Waals surface area contributed by atoms with E-state index in [2.05, 4.69) is 6.58 Å². The van der Waals surface area contributed by atoms with Gasteiger partial charge in [0.15, 0.2) is 11.6 Å². The summed E-state index contributed by atoms with van der Waals surface area (Å²) in [6.45, 7) is 10.5. The lowest BCUT2D eigenvalue weighted by atomic mass is 9.96. The number of carbonyl (C=O) groups is 2. The maximum absolute atomic E-state index is 12.2. The zero-order chi connectivity index (χ0) is 13.4. The van der Waals surface area contributed by atoms with Crippen molar-refractivity contribution in [3.05, 3.63) is 47.6 Å². The molecule has 0 amide bonds. The van der Waals surface area contributed by atoms with Crippen LogP contribution in [0.4, 0.5) is 0 Å². The highest BCUT2D eigenvalue weighted by Gasteiger charge is 2.18. The molecule has 92 valence electrons. The van der Waals surface area contributed by atoms with Crippen LogP contribution in [0.5, 0.6) is 0 Å². The predicted molar refractivity (Wildman–Crippen MR) is 71.8 cm³/mol. The topological polar surface area (TPSA) is 34.1 Å². The SMILES string of the molecule is C=C/C=C\C(=C/CC)C(=O)C(C(C)=O)=C(C)C. The first-order valence-electron chi connectivity index (χ1n) is 5.68. The summed E-state index contributed by atoms with van der Waals surface area (Å²) >= 11 is 0. The lowest BCUT2D eigenvalue weighted by molar-refractivity contribution is -0.118. The summed E-state index contributed by atoms with van der Waals surface area (Å²) in [7, 11) is 0. The van der Waals surface area contributed by atoms with Gasteiger partial charge in [-0.3, -0.25) is 9.59 Å². The molecule has 0 aliphatic heterocycles. The Balaban J connectivity index is 5.43. The number of Topliss-reactive ketones (excluding diaryl/α,β-unsaturated/α-hetero) is 2. The molecular weight excluding hydrogens is 212 g/mol. The Morgan fingerprint density at radius 3 is 2.12 bits per heavy atom. The van der Waals surface area contributed by atoms with Crippen molar-refractivity contribution in [1.29, 1.82) is 0 Å². The van der Waals surface area contributed by atoms with Crippen LogP contribution in [0.25, 0.3) is 0 Å². The minimum Gasteiger partial charge on any atom is -0.294 e. The van der Waals surface area contributed by atoms with Crippen LogP contribution in [0.15, 0.2) is 47.6 Å². The zero-order valence-electron chi connectivity index (χ0n) is 11.0. The molecule has 0 spiro atoms. The maximum atomic E-state index is 12.2. The van der Waals surface area contributed by atoms with Gasteiger partial charge in [-0.15, -0.1) is 0 Å². The third-order valence-electron chi connectivity index (χ3n) is 2.18. The van der Waals surface area contributed by atoms with Gasteiger partial charge < -0.3 is 0 Å². The highest BCUT2D eigenvalue weighted by atomic mass is 16.1. The van der Waals surface area contributed by atoms with Crippen molar-refractivity contribution in [3.8, 4) is 0 Å². The van der Waals surface area contributed by atoms with E-state index in [-0.39, 0.29) is 17.1 Å². The summed E-state index contributed by atoms with van der Waals surface area (Å²) < 4.78 is 0. The fraction of sp³-hybridized carbons (Fsp3) is 0.333. The number of rotatable bonds is 6. The Hall–Kier alpha value is -1.70. The fourth-order valence-electron chi connectivity index (χ4n) is 1.51. The lowest BCUT2D eigenvalue weighted by Crippen LogP contribution is -2.13. The molecule has 0 saturated heterocycles. The lowest BCUT2D eigenvalue weighted by Gasteiger charge is -2.06. The van der Waals surface area contributed by atoms with Crippen LogP contribution in [-0.4, -0.2) is 11.6 Å². The van der Waals surface area contributed by atoms with Gasteiger partial charge in [0.25, 0.3) is 0 Å². The molecule has 0 aromatic carbocycles. The average molecular weight is 232 g/mol. The summed E-state index contributed by atoms with van der Waals surface area (Å²) in [6, 6.07) is 0. The molecule has 17 heavy (non-hydrogen) atoms. The van der Waals surface area contributed by atoms with Crippen LogP contribution >= 0.6 is 0 Å². The first-order chi connectivity index (χ1) is 7.95. The van der Waals surface area contributed by atoms with Gasteiger partial charge in [-0.1, -0.05) is 43.4 Å². The molecule has 0 aromatic rings. The molecule has 0 fully saturated rings. The fourth-order valence-corrected chi connectivity index (χ4v) is 1.51. The number of hydrogen-bond donors (Lipinski definition) is 0. The van der Waals surface area contributed by atoms with E-state index in [4.69, 9.17) is 0 Å². The highest BCUT2D eigenvalue weighted by molar-refractivity contribution is 6.26. The van der Waals surface area contributed by atoms with E-state index < -0.39 is 0 Å².